The lowest BCUT2D eigenvalue weighted by molar-refractivity contribution is -0.126. The number of benzene rings is 1. The van der Waals surface area contributed by atoms with Crippen molar-refractivity contribution < 1.29 is 17.9 Å². The van der Waals surface area contributed by atoms with Gasteiger partial charge in [-0.15, -0.1) is 0 Å². The molecule has 0 aromatic heterocycles. The first-order valence-corrected chi connectivity index (χ1v) is 13.4. The quantitative estimate of drug-likeness (QED) is 0.704. The Morgan fingerprint density at radius 3 is 2.63 bits per heavy atom. The number of carbonyl (C=O) groups excluding carboxylic acids is 1. The van der Waals surface area contributed by atoms with Gasteiger partial charge in [0.05, 0.1) is 18.1 Å². The van der Waals surface area contributed by atoms with Crippen LogP contribution in [0.1, 0.15) is 25.7 Å². The summed E-state index contributed by atoms with van der Waals surface area (Å²) in [6.45, 7) is 4.18. The number of nitrogens with one attached hydrogen (secondary N) is 1. The minimum atomic E-state index is -3.69. The van der Waals surface area contributed by atoms with Crippen LogP contribution >= 0.6 is 11.8 Å². The maximum atomic E-state index is 13.2. The van der Waals surface area contributed by atoms with Crippen molar-refractivity contribution in [3.05, 3.63) is 30.3 Å². The van der Waals surface area contributed by atoms with Crippen LogP contribution in [0.2, 0.25) is 0 Å². The molecule has 0 radical (unpaired) electrons. The summed E-state index contributed by atoms with van der Waals surface area (Å²) in [6, 6.07) is 7.79. The highest BCUT2D eigenvalue weighted by molar-refractivity contribution is 7.99. The van der Waals surface area contributed by atoms with E-state index in [1.54, 1.807) is 30.3 Å². The van der Waals surface area contributed by atoms with Gasteiger partial charge in [0, 0.05) is 37.5 Å². The van der Waals surface area contributed by atoms with Crippen molar-refractivity contribution in [2.24, 2.45) is 0 Å². The molecule has 3 aliphatic heterocycles. The Labute approximate surface area is 183 Å². The minimum Gasteiger partial charge on any atom is -0.379 e. The molecule has 0 saturated carbocycles. The Kier molecular flexibility index (Phi) is 7.04. The molecule has 3 fully saturated rings. The zero-order valence-electron chi connectivity index (χ0n) is 17.3. The molecule has 2 atom stereocenters. The van der Waals surface area contributed by atoms with Crippen LogP contribution < -0.4 is 5.32 Å². The number of nitrogens with zero attached hydrogens (tertiary/aromatic N) is 2. The smallest absolute Gasteiger partial charge is 0.243 e. The molecule has 9 heteroatoms. The van der Waals surface area contributed by atoms with Crippen LogP contribution in [-0.2, 0) is 19.6 Å². The number of thioether (sulfide) groups is 1. The molecule has 1 aromatic rings. The topological polar surface area (TPSA) is 79.0 Å². The summed E-state index contributed by atoms with van der Waals surface area (Å²) in [5, 5.41) is 3.15. The number of sulfonamides is 1. The Balaban J connectivity index is 1.47. The zero-order valence-corrected chi connectivity index (χ0v) is 18.9. The van der Waals surface area contributed by atoms with Gasteiger partial charge in [-0.2, -0.15) is 16.1 Å². The molecule has 1 N–H and O–H groups in total. The molecular formula is C21H31N3O4S2. The fourth-order valence-electron chi connectivity index (χ4n) is 4.69. The Morgan fingerprint density at radius 2 is 1.93 bits per heavy atom. The van der Waals surface area contributed by atoms with Crippen LogP contribution in [0.5, 0.6) is 0 Å². The maximum absolute atomic E-state index is 13.2. The van der Waals surface area contributed by atoms with Gasteiger partial charge >= 0.3 is 0 Å². The SMILES string of the molecule is O=C(NCC1(N2CCOCC2)CCSC1)C1CCCCN1S(=O)(=O)c1ccccc1. The van der Waals surface area contributed by atoms with Crippen molar-refractivity contribution >= 4 is 27.7 Å². The lowest BCUT2D eigenvalue weighted by atomic mass is 9.95. The minimum absolute atomic E-state index is 0.0537. The fourth-order valence-corrected chi connectivity index (χ4v) is 7.84. The molecule has 1 amide bonds. The van der Waals surface area contributed by atoms with E-state index >= 15 is 0 Å². The van der Waals surface area contributed by atoms with Crippen LogP contribution in [0.25, 0.3) is 0 Å². The van der Waals surface area contributed by atoms with Crippen LogP contribution in [0.4, 0.5) is 0 Å². The molecular weight excluding hydrogens is 422 g/mol. The van der Waals surface area contributed by atoms with E-state index in [1.165, 1.54) is 4.31 Å². The largest absolute Gasteiger partial charge is 0.379 e. The number of carbonyl (C=O) groups is 1. The molecule has 3 heterocycles. The first-order valence-electron chi connectivity index (χ1n) is 10.8. The van der Waals surface area contributed by atoms with Crippen molar-refractivity contribution in [2.45, 2.75) is 42.2 Å². The molecule has 0 aliphatic carbocycles. The molecule has 7 nitrogen and oxygen atoms in total. The second kappa shape index (κ2) is 9.56. The highest BCUT2D eigenvalue weighted by atomic mass is 32.2. The number of ether oxygens (including phenoxy) is 1. The van der Waals surface area contributed by atoms with Crippen molar-refractivity contribution in [2.75, 3.05) is 50.9 Å². The van der Waals surface area contributed by atoms with Gasteiger partial charge in [-0.05, 0) is 37.1 Å². The van der Waals surface area contributed by atoms with Crippen LogP contribution in [0.3, 0.4) is 0 Å². The fraction of sp³-hybridized carbons (Fsp3) is 0.667. The van der Waals surface area contributed by atoms with E-state index in [2.05, 4.69) is 10.2 Å². The first kappa shape index (κ1) is 22.1. The first-order chi connectivity index (χ1) is 14.5. The zero-order chi connectivity index (χ0) is 21.0. The summed E-state index contributed by atoms with van der Waals surface area (Å²) in [7, 11) is -3.69. The van der Waals surface area contributed by atoms with Crippen molar-refractivity contribution in [1.29, 1.82) is 0 Å². The molecule has 3 aliphatic rings. The van der Waals surface area contributed by atoms with Gasteiger partial charge in [-0.3, -0.25) is 9.69 Å². The van der Waals surface area contributed by atoms with Gasteiger partial charge < -0.3 is 10.1 Å². The standard InChI is InChI=1S/C21H31N3O4S2/c25-20(22-16-21(9-15-29-17-21)23-11-13-28-14-12-23)19-8-4-5-10-24(19)30(26,27)18-6-2-1-3-7-18/h1-3,6-7,19H,4-5,8-17H2,(H,22,25). The van der Waals surface area contributed by atoms with E-state index in [4.69, 9.17) is 4.74 Å². The summed E-state index contributed by atoms with van der Waals surface area (Å²) in [5.41, 5.74) is -0.0537. The molecule has 2 unspecified atom stereocenters. The summed E-state index contributed by atoms with van der Waals surface area (Å²) < 4.78 is 33.3. The second-order valence-electron chi connectivity index (χ2n) is 8.28. The summed E-state index contributed by atoms with van der Waals surface area (Å²) >= 11 is 1.92. The lowest BCUT2D eigenvalue weighted by Gasteiger charge is -2.43. The van der Waals surface area contributed by atoms with Gasteiger partial charge in [0.25, 0.3) is 0 Å². The number of amides is 1. The third kappa shape index (κ3) is 4.55. The molecule has 166 valence electrons. The average Bonchev–Trinajstić information content (AvgIpc) is 3.29. The van der Waals surface area contributed by atoms with Gasteiger partial charge in [0.15, 0.2) is 0 Å². The molecule has 3 saturated heterocycles. The van der Waals surface area contributed by atoms with Gasteiger partial charge in [0.1, 0.15) is 6.04 Å². The monoisotopic (exact) mass is 453 g/mol. The predicted molar refractivity (Wildman–Crippen MR) is 118 cm³/mol. The van der Waals surface area contributed by atoms with E-state index in [9.17, 15) is 13.2 Å². The highest BCUT2D eigenvalue weighted by Crippen LogP contribution is 2.34. The Hall–Kier alpha value is -1.13. The number of hydrogen-bond acceptors (Lipinski definition) is 6. The summed E-state index contributed by atoms with van der Waals surface area (Å²) in [4.78, 5) is 15.9. The molecule has 0 spiro atoms. The van der Waals surface area contributed by atoms with E-state index in [0.717, 1.165) is 57.1 Å². The Bertz CT molecular complexity index is 822. The summed E-state index contributed by atoms with van der Waals surface area (Å²) in [6.07, 6.45) is 3.25. The lowest BCUT2D eigenvalue weighted by Crippen LogP contribution is -2.61. The molecule has 1 aromatic carbocycles. The van der Waals surface area contributed by atoms with Crippen LogP contribution in [0.15, 0.2) is 35.2 Å². The average molecular weight is 454 g/mol. The van der Waals surface area contributed by atoms with Crippen molar-refractivity contribution in [3.8, 4) is 0 Å². The predicted octanol–water partition coefficient (Wildman–Crippen LogP) is 1.55. The van der Waals surface area contributed by atoms with E-state index in [0.29, 0.717) is 19.5 Å². The van der Waals surface area contributed by atoms with E-state index in [1.807, 2.05) is 11.8 Å². The molecule has 0 bridgehead atoms. The number of morpholine rings is 1. The van der Waals surface area contributed by atoms with Gasteiger partial charge in [0.2, 0.25) is 15.9 Å². The third-order valence-electron chi connectivity index (χ3n) is 6.46. The second-order valence-corrected chi connectivity index (χ2v) is 11.3. The summed E-state index contributed by atoms with van der Waals surface area (Å²) in [5.74, 6) is 1.91. The van der Waals surface area contributed by atoms with Gasteiger partial charge in [-0.25, -0.2) is 8.42 Å². The number of rotatable bonds is 6. The number of hydrogen-bond donors (Lipinski definition) is 1. The Morgan fingerprint density at radius 1 is 1.17 bits per heavy atom. The van der Waals surface area contributed by atoms with Crippen molar-refractivity contribution in [1.82, 2.24) is 14.5 Å². The van der Waals surface area contributed by atoms with Crippen LogP contribution in [0, 0.1) is 0 Å². The van der Waals surface area contributed by atoms with Crippen LogP contribution in [-0.4, -0.2) is 86.0 Å². The van der Waals surface area contributed by atoms with E-state index < -0.39 is 16.1 Å². The van der Waals surface area contributed by atoms with E-state index in [-0.39, 0.29) is 16.3 Å². The highest BCUT2D eigenvalue weighted by Gasteiger charge is 2.43. The van der Waals surface area contributed by atoms with Crippen molar-refractivity contribution in [3.63, 3.8) is 0 Å². The molecule has 30 heavy (non-hydrogen) atoms. The molecule has 4 rings (SSSR count). The number of piperidine rings is 1. The van der Waals surface area contributed by atoms with Gasteiger partial charge in [-0.1, -0.05) is 24.6 Å². The maximum Gasteiger partial charge on any atom is 0.243 e. The normalized spacial score (nSPS) is 29.0. The third-order valence-corrected chi connectivity index (χ3v) is 9.62.